The van der Waals surface area contributed by atoms with Gasteiger partial charge in [0.15, 0.2) is 5.78 Å². The van der Waals surface area contributed by atoms with Gasteiger partial charge in [0.25, 0.3) is 0 Å². The summed E-state index contributed by atoms with van der Waals surface area (Å²) < 4.78 is 0. The molecule has 0 radical (unpaired) electrons. The number of ketones is 1. The third kappa shape index (κ3) is 4.52. The zero-order chi connectivity index (χ0) is 17.7. The minimum absolute atomic E-state index is 0.0746. The number of aromatic carboxylic acids is 1. The van der Waals surface area contributed by atoms with E-state index < -0.39 is 5.97 Å². The normalized spacial score (nSPS) is 10.2. The minimum Gasteiger partial charge on any atom is -0.478 e. The lowest BCUT2D eigenvalue weighted by atomic mass is 10.0. The van der Waals surface area contributed by atoms with E-state index in [0.29, 0.717) is 11.3 Å². The summed E-state index contributed by atoms with van der Waals surface area (Å²) in [6.45, 7) is 3.92. The molecule has 0 bridgehead atoms. The van der Waals surface area contributed by atoms with Gasteiger partial charge in [-0.3, -0.25) is 9.59 Å². The average molecular weight is 325 g/mol. The molecule has 0 aliphatic heterocycles. The fourth-order valence-electron chi connectivity index (χ4n) is 2.21. The predicted molar refractivity (Wildman–Crippen MR) is 91.5 cm³/mol. The number of carboxylic acids is 1. The number of Topliss-reactive ketones (excluding diaryl/α,β-unsaturated/α-hetero) is 1. The average Bonchev–Trinajstić information content (AvgIpc) is 2.55. The molecule has 0 fully saturated rings. The van der Waals surface area contributed by atoms with Crippen molar-refractivity contribution in [1.29, 1.82) is 0 Å². The standard InChI is InChI=1S/C19H19NO4/c1-12-3-4-15(11-13(12)2)17(21)9-10-18(22)20-16-7-5-14(6-8-16)19(23)24/h3-8,11H,9-10H2,1-2H3,(H,20,22)(H,23,24). The van der Waals surface area contributed by atoms with Crippen molar-refractivity contribution < 1.29 is 19.5 Å². The zero-order valence-corrected chi connectivity index (χ0v) is 13.6. The molecule has 0 aromatic heterocycles. The number of benzene rings is 2. The molecule has 0 spiro atoms. The first kappa shape index (κ1) is 17.4. The Morgan fingerprint density at radius 3 is 2.08 bits per heavy atom. The van der Waals surface area contributed by atoms with Crippen molar-refractivity contribution >= 4 is 23.3 Å². The molecule has 0 saturated carbocycles. The highest BCUT2D eigenvalue weighted by Gasteiger charge is 2.11. The summed E-state index contributed by atoms with van der Waals surface area (Å²) in [5.41, 5.74) is 3.43. The summed E-state index contributed by atoms with van der Waals surface area (Å²) in [5, 5.41) is 11.5. The van der Waals surface area contributed by atoms with Crippen molar-refractivity contribution in [3.05, 3.63) is 64.7 Å². The van der Waals surface area contributed by atoms with Gasteiger partial charge in [-0.2, -0.15) is 0 Å². The highest BCUT2D eigenvalue weighted by molar-refractivity contribution is 6.00. The summed E-state index contributed by atoms with van der Waals surface area (Å²) in [4.78, 5) is 34.8. The highest BCUT2D eigenvalue weighted by Crippen LogP contribution is 2.14. The van der Waals surface area contributed by atoms with E-state index in [1.807, 2.05) is 26.0 Å². The first-order valence-corrected chi connectivity index (χ1v) is 7.60. The maximum Gasteiger partial charge on any atom is 0.335 e. The van der Waals surface area contributed by atoms with E-state index in [9.17, 15) is 14.4 Å². The lowest BCUT2D eigenvalue weighted by Crippen LogP contribution is -2.13. The molecular formula is C19H19NO4. The number of aryl methyl sites for hydroxylation is 2. The van der Waals surface area contributed by atoms with Crippen LogP contribution >= 0.6 is 0 Å². The van der Waals surface area contributed by atoms with E-state index in [1.54, 1.807) is 6.07 Å². The van der Waals surface area contributed by atoms with Gasteiger partial charge in [0.1, 0.15) is 0 Å². The first-order chi connectivity index (χ1) is 11.4. The van der Waals surface area contributed by atoms with Gasteiger partial charge in [-0.1, -0.05) is 12.1 Å². The number of carboxylic acid groups (broad SMARTS) is 1. The van der Waals surface area contributed by atoms with Gasteiger partial charge >= 0.3 is 5.97 Å². The van der Waals surface area contributed by atoms with Crippen LogP contribution in [0.3, 0.4) is 0 Å². The summed E-state index contributed by atoms with van der Waals surface area (Å²) in [5.74, 6) is -1.38. The van der Waals surface area contributed by atoms with Gasteiger partial charge < -0.3 is 10.4 Å². The van der Waals surface area contributed by atoms with Crippen LogP contribution in [-0.4, -0.2) is 22.8 Å². The second-order valence-corrected chi connectivity index (χ2v) is 5.65. The van der Waals surface area contributed by atoms with Gasteiger partial charge in [-0.05, 0) is 55.3 Å². The Labute approximate surface area is 140 Å². The largest absolute Gasteiger partial charge is 0.478 e. The molecule has 2 aromatic rings. The Bertz CT molecular complexity index is 778. The third-order valence-corrected chi connectivity index (χ3v) is 3.82. The van der Waals surface area contributed by atoms with Crippen molar-refractivity contribution in [2.75, 3.05) is 5.32 Å². The van der Waals surface area contributed by atoms with Gasteiger partial charge in [0.05, 0.1) is 5.56 Å². The Hall–Kier alpha value is -2.95. The van der Waals surface area contributed by atoms with Crippen LogP contribution in [0.4, 0.5) is 5.69 Å². The Kier molecular flexibility index (Phi) is 5.47. The fourth-order valence-corrected chi connectivity index (χ4v) is 2.21. The summed E-state index contributed by atoms with van der Waals surface area (Å²) >= 11 is 0. The van der Waals surface area contributed by atoms with E-state index in [1.165, 1.54) is 24.3 Å². The van der Waals surface area contributed by atoms with Crippen molar-refractivity contribution in [1.82, 2.24) is 0 Å². The second-order valence-electron chi connectivity index (χ2n) is 5.65. The number of hydrogen-bond donors (Lipinski definition) is 2. The second kappa shape index (κ2) is 7.55. The highest BCUT2D eigenvalue weighted by atomic mass is 16.4. The number of nitrogens with one attached hydrogen (secondary N) is 1. The molecular weight excluding hydrogens is 306 g/mol. The van der Waals surface area contributed by atoms with E-state index in [4.69, 9.17) is 5.11 Å². The lowest BCUT2D eigenvalue weighted by molar-refractivity contribution is -0.116. The van der Waals surface area contributed by atoms with Crippen molar-refractivity contribution in [3.63, 3.8) is 0 Å². The van der Waals surface area contributed by atoms with Gasteiger partial charge in [0, 0.05) is 24.1 Å². The van der Waals surface area contributed by atoms with Crippen molar-refractivity contribution in [3.8, 4) is 0 Å². The molecule has 1 amide bonds. The molecule has 0 saturated heterocycles. The molecule has 0 aliphatic carbocycles. The van der Waals surface area contributed by atoms with Crippen LogP contribution < -0.4 is 5.32 Å². The van der Waals surface area contributed by atoms with Crippen LogP contribution in [0.5, 0.6) is 0 Å². The van der Waals surface area contributed by atoms with Crippen LogP contribution in [0, 0.1) is 13.8 Å². The molecule has 0 unspecified atom stereocenters. The van der Waals surface area contributed by atoms with Crippen LogP contribution in [0.25, 0.3) is 0 Å². The van der Waals surface area contributed by atoms with E-state index in [0.717, 1.165) is 11.1 Å². The Morgan fingerprint density at radius 2 is 1.50 bits per heavy atom. The molecule has 5 nitrogen and oxygen atoms in total. The van der Waals surface area contributed by atoms with E-state index >= 15 is 0 Å². The zero-order valence-electron chi connectivity index (χ0n) is 13.6. The number of hydrogen-bond acceptors (Lipinski definition) is 3. The van der Waals surface area contributed by atoms with Crippen LogP contribution in [0.1, 0.15) is 44.7 Å². The van der Waals surface area contributed by atoms with Gasteiger partial charge in [-0.15, -0.1) is 0 Å². The van der Waals surface area contributed by atoms with E-state index in [2.05, 4.69) is 5.32 Å². The van der Waals surface area contributed by atoms with Crippen molar-refractivity contribution in [2.45, 2.75) is 26.7 Å². The number of carbonyl (C=O) groups excluding carboxylic acids is 2. The van der Waals surface area contributed by atoms with Crippen molar-refractivity contribution in [2.24, 2.45) is 0 Å². The minimum atomic E-state index is -1.02. The Morgan fingerprint density at radius 1 is 0.875 bits per heavy atom. The van der Waals surface area contributed by atoms with Crippen LogP contribution in [-0.2, 0) is 4.79 Å². The monoisotopic (exact) mass is 325 g/mol. The molecule has 2 aromatic carbocycles. The number of rotatable bonds is 6. The molecule has 2 N–H and O–H groups in total. The molecule has 24 heavy (non-hydrogen) atoms. The predicted octanol–water partition coefficient (Wildman–Crippen LogP) is 3.60. The van der Waals surface area contributed by atoms with Crippen LogP contribution in [0.15, 0.2) is 42.5 Å². The summed E-state index contributed by atoms with van der Waals surface area (Å²) in [6, 6.07) is 11.4. The smallest absolute Gasteiger partial charge is 0.335 e. The maximum atomic E-state index is 12.1. The fraction of sp³-hybridized carbons (Fsp3) is 0.211. The lowest BCUT2D eigenvalue weighted by Gasteiger charge is -2.06. The maximum absolute atomic E-state index is 12.1. The third-order valence-electron chi connectivity index (χ3n) is 3.82. The van der Waals surface area contributed by atoms with Gasteiger partial charge in [0.2, 0.25) is 5.91 Å². The summed E-state index contributed by atoms with van der Waals surface area (Å²) in [6.07, 6.45) is 0.202. The first-order valence-electron chi connectivity index (χ1n) is 7.60. The molecule has 5 heteroatoms. The molecule has 2 rings (SSSR count). The van der Waals surface area contributed by atoms with Crippen LogP contribution in [0.2, 0.25) is 0 Å². The molecule has 0 atom stereocenters. The Balaban J connectivity index is 1.89. The topological polar surface area (TPSA) is 83.5 Å². The number of amides is 1. The number of carbonyl (C=O) groups is 3. The quantitative estimate of drug-likeness (QED) is 0.795. The molecule has 0 aliphatic rings. The molecule has 0 heterocycles. The molecule has 124 valence electrons. The number of anilines is 1. The summed E-state index contributed by atoms with van der Waals surface area (Å²) in [7, 11) is 0. The van der Waals surface area contributed by atoms with E-state index in [-0.39, 0.29) is 30.1 Å². The van der Waals surface area contributed by atoms with Gasteiger partial charge in [-0.25, -0.2) is 4.79 Å². The SMILES string of the molecule is Cc1ccc(C(=O)CCC(=O)Nc2ccc(C(=O)O)cc2)cc1C.